The van der Waals surface area contributed by atoms with Gasteiger partial charge in [-0.1, -0.05) is 30.3 Å². The van der Waals surface area contributed by atoms with Gasteiger partial charge in [0.2, 0.25) is 5.91 Å². The summed E-state index contributed by atoms with van der Waals surface area (Å²) in [7, 11) is 0. The molecule has 28 heavy (non-hydrogen) atoms. The Kier molecular flexibility index (Phi) is 5.15. The van der Waals surface area contributed by atoms with E-state index in [0.717, 1.165) is 12.8 Å². The zero-order valence-electron chi connectivity index (χ0n) is 15.1. The SMILES string of the molecule is O=C(/C=C/c1ccc(Oc2cccnc2)c(F)c1)NC1CCc2ccccc21. The fourth-order valence-corrected chi connectivity index (χ4v) is 3.34. The highest BCUT2D eigenvalue weighted by atomic mass is 19.1. The number of aryl methyl sites for hydroxylation is 1. The number of amides is 1. The van der Waals surface area contributed by atoms with Gasteiger partial charge in [-0.05, 0) is 59.9 Å². The molecule has 0 spiro atoms. The molecule has 1 N–H and O–H groups in total. The molecular formula is C23H19FN2O2. The summed E-state index contributed by atoms with van der Waals surface area (Å²) in [5.41, 5.74) is 3.04. The summed E-state index contributed by atoms with van der Waals surface area (Å²) in [5.74, 6) is -0.132. The summed E-state index contributed by atoms with van der Waals surface area (Å²) in [4.78, 5) is 16.2. The number of aromatic nitrogens is 1. The molecular weight excluding hydrogens is 355 g/mol. The first-order valence-corrected chi connectivity index (χ1v) is 9.13. The lowest BCUT2D eigenvalue weighted by atomic mass is 10.1. The monoisotopic (exact) mass is 374 g/mol. The zero-order chi connectivity index (χ0) is 19.3. The second kappa shape index (κ2) is 8.05. The topological polar surface area (TPSA) is 51.2 Å². The van der Waals surface area contributed by atoms with Gasteiger partial charge in [-0.3, -0.25) is 9.78 Å². The molecule has 0 saturated heterocycles. The van der Waals surface area contributed by atoms with Crippen molar-refractivity contribution in [1.82, 2.24) is 10.3 Å². The molecule has 1 unspecified atom stereocenters. The molecule has 4 nitrogen and oxygen atoms in total. The summed E-state index contributed by atoms with van der Waals surface area (Å²) in [5, 5.41) is 3.01. The second-order valence-electron chi connectivity index (χ2n) is 6.61. The lowest BCUT2D eigenvalue weighted by Crippen LogP contribution is -2.25. The van der Waals surface area contributed by atoms with Gasteiger partial charge in [-0.15, -0.1) is 0 Å². The van der Waals surface area contributed by atoms with Crippen LogP contribution in [0.2, 0.25) is 0 Å². The number of benzene rings is 2. The van der Waals surface area contributed by atoms with Crippen molar-refractivity contribution in [3.63, 3.8) is 0 Å². The van der Waals surface area contributed by atoms with E-state index < -0.39 is 5.82 Å². The Morgan fingerprint density at radius 1 is 1.18 bits per heavy atom. The van der Waals surface area contributed by atoms with Gasteiger partial charge < -0.3 is 10.1 Å². The minimum absolute atomic E-state index is 0.0281. The first-order chi connectivity index (χ1) is 13.7. The quantitative estimate of drug-likeness (QED) is 0.651. The molecule has 140 valence electrons. The first-order valence-electron chi connectivity index (χ1n) is 9.13. The number of pyridine rings is 1. The molecule has 0 fully saturated rings. The van der Waals surface area contributed by atoms with E-state index in [1.807, 2.05) is 18.2 Å². The molecule has 1 aliphatic carbocycles. The first kappa shape index (κ1) is 17.9. The third kappa shape index (κ3) is 4.09. The van der Waals surface area contributed by atoms with Crippen LogP contribution in [0, 0.1) is 5.82 Å². The van der Waals surface area contributed by atoms with Crippen molar-refractivity contribution >= 4 is 12.0 Å². The number of hydrogen-bond acceptors (Lipinski definition) is 3. The molecule has 0 radical (unpaired) electrons. The number of carbonyl (C=O) groups is 1. The van der Waals surface area contributed by atoms with Crippen molar-refractivity contribution < 1.29 is 13.9 Å². The fraction of sp³-hybridized carbons (Fsp3) is 0.130. The predicted octanol–water partition coefficient (Wildman–Crippen LogP) is 4.83. The number of nitrogens with zero attached hydrogens (tertiary/aromatic N) is 1. The summed E-state index contributed by atoms with van der Waals surface area (Å²) in [6, 6.07) is 16.1. The van der Waals surface area contributed by atoms with Gasteiger partial charge in [0, 0.05) is 12.3 Å². The number of ether oxygens (including phenoxy) is 1. The third-order valence-electron chi connectivity index (χ3n) is 4.69. The van der Waals surface area contributed by atoms with E-state index in [1.165, 1.54) is 35.5 Å². The molecule has 1 heterocycles. The maximum Gasteiger partial charge on any atom is 0.244 e. The molecule has 1 aromatic heterocycles. The lowest BCUT2D eigenvalue weighted by Gasteiger charge is -2.12. The van der Waals surface area contributed by atoms with Crippen LogP contribution in [0.4, 0.5) is 4.39 Å². The largest absolute Gasteiger partial charge is 0.453 e. The normalized spacial score (nSPS) is 15.4. The van der Waals surface area contributed by atoms with Crippen LogP contribution in [0.25, 0.3) is 6.08 Å². The summed E-state index contributed by atoms with van der Waals surface area (Å²) >= 11 is 0. The fourth-order valence-electron chi connectivity index (χ4n) is 3.34. The minimum Gasteiger partial charge on any atom is -0.453 e. The number of hydrogen-bond donors (Lipinski definition) is 1. The number of nitrogens with one attached hydrogen (secondary N) is 1. The van der Waals surface area contributed by atoms with Crippen molar-refractivity contribution in [3.8, 4) is 11.5 Å². The van der Waals surface area contributed by atoms with Crippen LogP contribution in [0.3, 0.4) is 0 Å². The number of carbonyl (C=O) groups excluding carboxylic acids is 1. The van der Waals surface area contributed by atoms with Crippen LogP contribution in [0.1, 0.15) is 29.2 Å². The van der Waals surface area contributed by atoms with E-state index in [0.29, 0.717) is 11.3 Å². The Morgan fingerprint density at radius 2 is 2.07 bits per heavy atom. The average Bonchev–Trinajstić information content (AvgIpc) is 3.12. The highest BCUT2D eigenvalue weighted by Gasteiger charge is 2.22. The van der Waals surface area contributed by atoms with Crippen LogP contribution >= 0.6 is 0 Å². The van der Waals surface area contributed by atoms with Crippen molar-refractivity contribution in [2.45, 2.75) is 18.9 Å². The van der Waals surface area contributed by atoms with Gasteiger partial charge in [0.25, 0.3) is 0 Å². The van der Waals surface area contributed by atoms with Gasteiger partial charge >= 0.3 is 0 Å². The standard InChI is InChI=1S/C23H19FN2O2/c24-20-14-16(7-11-22(20)28-18-5-3-13-25-15-18)8-12-23(27)26-21-10-9-17-4-1-2-6-19(17)21/h1-8,11-15,21H,9-10H2,(H,26,27)/b12-8+. The Balaban J connectivity index is 1.39. The molecule has 5 heteroatoms. The average molecular weight is 374 g/mol. The summed E-state index contributed by atoms with van der Waals surface area (Å²) < 4.78 is 19.7. The minimum atomic E-state index is -0.504. The molecule has 3 aromatic rings. The maximum absolute atomic E-state index is 14.3. The second-order valence-corrected chi connectivity index (χ2v) is 6.61. The van der Waals surface area contributed by atoms with Gasteiger partial charge in [-0.2, -0.15) is 0 Å². The smallest absolute Gasteiger partial charge is 0.244 e. The maximum atomic E-state index is 14.3. The lowest BCUT2D eigenvalue weighted by molar-refractivity contribution is -0.117. The Labute approximate surface area is 162 Å². The third-order valence-corrected chi connectivity index (χ3v) is 4.69. The van der Waals surface area contributed by atoms with E-state index in [9.17, 15) is 9.18 Å². The summed E-state index contributed by atoms with van der Waals surface area (Å²) in [6.45, 7) is 0. The van der Waals surface area contributed by atoms with Crippen LogP contribution in [-0.4, -0.2) is 10.9 Å². The van der Waals surface area contributed by atoms with Crippen molar-refractivity contribution in [3.05, 3.63) is 95.6 Å². The number of halogens is 1. The van der Waals surface area contributed by atoms with Crippen molar-refractivity contribution in [1.29, 1.82) is 0 Å². The van der Waals surface area contributed by atoms with Crippen LogP contribution < -0.4 is 10.1 Å². The highest BCUT2D eigenvalue weighted by molar-refractivity contribution is 5.92. The molecule has 1 atom stereocenters. The van der Waals surface area contributed by atoms with E-state index in [1.54, 1.807) is 30.5 Å². The summed E-state index contributed by atoms with van der Waals surface area (Å²) in [6.07, 6.45) is 8.01. The molecule has 0 aliphatic heterocycles. The van der Waals surface area contributed by atoms with Gasteiger partial charge in [0.05, 0.1) is 12.2 Å². The Bertz CT molecular complexity index is 1020. The molecule has 1 aliphatic rings. The molecule has 2 aromatic carbocycles. The van der Waals surface area contributed by atoms with Gasteiger partial charge in [-0.25, -0.2) is 4.39 Å². The molecule has 4 rings (SSSR count). The van der Waals surface area contributed by atoms with E-state index in [2.05, 4.69) is 16.4 Å². The molecule has 1 amide bonds. The van der Waals surface area contributed by atoms with E-state index >= 15 is 0 Å². The number of fused-ring (bicyclic) bond motifs is 1. The van der Waals surface area contributed by atoms with Crippen molar-refractivity contribution in [2.24, 2.45) is 0 Å². The molecule has 0 saturated carbocycles. The Hall–Kier alpha value is -3.47. The van der Waals surface area contributed by atoms with Crippen molar-refractivity contribution in [2.75, 3.05) is 0 Å². The van der Waals surface area contributed by atoms with Crippen LogP contribution in [0.15, 0.2) is 73.1 Å². The molecule has 0 bridgehead atoms. The van der Waals surface area contributed by atoms with Gasteiger partial charge in [0.15, 0.2) is 11.6 Å². The predicted molar refractivity (Wildman–Crippen MR) is 105 cm³/mol. The highest BCUT2D eigenvalue weighted by Crippen LogP contribution is 2.30. The van der Waals surface area contributed by atoms with Gasteiger partial charge in [0.1, 0.15) is 5.75 Å². The Morgan fingerprint density at radius 3 is 2.89 bits per heavy atom. The zero-order valence-corrected chi connectivity index (χ0v) is 15.1. The van der Waals surface area contributed by atoms with E-state index in [4.69, 9.17) is 4.74 Å². The van der Waals surface area contributed by atoms with Crippen LogP contribution in [0.5, 0.6) is 11.5 Å². The number of rotatable bonds is 5. The van der Waals surface area contributed by atoms with E-state index in [-0.39, 0.29) is 17.7 Å². The van der Waals surface area contributed by atoms with Crippen LogP contribution in [-0.2, 0) is 11.2 Å².